The minimum absolute atomic E-state index is 0.546. The minimum Gasteiger partial charge on any atom is -0.354 e. The molecule has 1 atom stereocenters. The summed E-state index contributed by atoms with van der Waals surface area (Å²) in [6, 6.07) is 16.7. The highest BCUT2D eigenvalue weighted by Crippen LogP contribution is 2.28. The van der Waals surface area contributed by atoms with Gasteiger partial charge in [0.15, 0.2) is 5.65 Å². The maximum absolute atomic E-state index is 6.42. The molecule has 1 aliphatic rings. The van der Waals surface area contributed by atoms with Gasteiger partial charge in [0.05, 0.1) is 10.7 Å². The van der Waals surface area contributed by atoms with E-state index in [2.05, 4.69) is 41.1 Å². The van der Waals surface area contributed by atoms with Crippen LogP contribution in [0.3, 0.4) is 0 Å². The molecule has 1 aromatic carbocycles. The third-order valence-electron chi connectivity index (χ3n) is 5.60. The van der Waals surface area contributed by atoms with Crippen LogP contribution in [0.2, 0.25) is 5.02 Å². The quantitative estimate of drug-likeness (QED) is 0.479. The fraction of sp³-hybridized carbons (Fsp3) is 0.261. The second-order valence-corrected chi connectivity index (χ2v) is 7.99. The lowest BCUT2D eigenvalue weighted by molar-refractivity contribution is 0.725. The van der Waals surface area contributed by atoms with Crippen molar-refractivity contribution in [2.24, 2.45) is 0 Å². The monoisotopic (exact) mass is 403 g/mol. The first-order chi connectivity index (χ1) is 14.2. The number of nitrogens with zero attached hydrogens (tertiary/aromatic N) is 5. The average Bonchev–Trinajstić information content (AvgIpc) is 3.37. The Balaban J connectivity index is 1.54. The summed E-state index contributed by atoms with van der Waals surface area (Å²) in [4.78, 5) is 11.9. The third kappa shape index (κ3) is 3.47. The summed E-state index contributed by atoms with van der Waals surface area (Å²) in [5.74, 6) is 1.06. The number of hydrogen-bond acceptors (Lipinski definition) is 4. The van der Waals surface area contributed by atoms with Gasteiger partial charge in [0, 0.05) is 48.2 Å². The van der Waals surface area contributed by atoms with Crippen LogP contribution in [0.5, 0.6) is 0 Å². The van der Waals surface area contributed by atoms with E-state index < -0.39 is 0 Å². The molecule has 5 rings (SSSR count). The van der Waals surface area contributed by atoms with Gasteiger partial charge in [-0.25, -0.2) is 14.5 Å². The third-order valence-corrected chi connectivity index (χ3v) is 5.93. The molecule has 1 unspecified atom stereocenters. The van der Waals surface area contributed by atoms with Crippen molar-refractivity contribution in [3.05, 3.63) is 77.2 Å². The number of pyridine rings is 1. The van der Waals surface area contributed by atoms with Crippen molar-refractivity contribution in [3.63, 3.8) is 0 Å². The van der Waals surface area contributed by atoms with Crippen molar-refractivity contribution >= 4 is 23.1 Å². The van der Waals surface area contributed by atoms with E-state index in [-0.39, 0.29) is 0 Å². The Bertz CT molecular complexity index is 1170. The van der Waals surface area contributed by atoms with E-state index in [0.717, 1.165) is 40.5 Å². The van der Waals surface area contributed by atoms with E-state index in [1.54, 1.807) is 6.20 Å². The SMILES string of the molecule is CC1CCCN1c1cccc(Cc2cc(-c3ccccc3Cl)nn3ccnc23)n1. The van der Waals surface area contributed by atoms with Gasteiger partial charge >= 0.3 is 0 Å². The molecule has 146 valence electrons. The first-order valence-corrected chi connectivity index (χ1v) is 10.4. The van der Waals surface area contributed by atoms with Crippen LogP contribution >= 0.6 is 11.6 Å². The normalized spacial score (nSPS) is 16.6. The molecular weight excluding hydrogens is 382 g/mol. The van der Waals surface area contributed by atoms with Gasteiger partial charge in [0.1, 0.15) is 5.82 Å². The summed E-state index contributed by atoms with van der Waals surface area (Å²) in [7, 11) is 0. The summed E-state index contributed by atoms with van der Waals surface area (Å²) in [5.41, 5.74) is 4.71. The standard InChI is InChI=1S/C23H22ClN5/c1-16-6-5-12-28(16)22-10-4-7-18(26-22)14-17-15-21(19-8-2-3-9-20(19)24)27-29-13-11-25-23(17)29/h2-4,7-11,13,15-16H,5-6,12,14H2,1H3. The fourth-order valence-corrected chi connectivity index (χ4v) is 4.34. The summed E-state index contributed by atoms with van der Waals surface area (Å²) < 4.78 is 1.82. The zero-order valence-electron chi connectivity index (χ0n) is 16.3. The van der Waals surface area contributed by atoms with Crippen molar-refractivity contribution in [1.29, 1.82) is 0 Å². The molecule has 0 bridgehead atoms. The lowest BCUT2D eigenvalue weighted by Crippen LogP contribution is -2.27. The number of halogens is 1. The number of rotatable bonds is 4. The Morgan fingerprint density at radius 2 is 2.03 bits per heavy atom. The maximum Gasteiger partial charge on any atom is 0.157 e. The first-order valence-electron chi connectivity index (χ1n) is 10.00. The maximum atomic E-state index is 6.42. The molecule has 0 spiro atoms. The van der Waals surface area contributed by atoms with Crippen molar-refractivity contribution < 1.29 is 0 Å². The van der Waals surface area contributed by atoms with Crippen LogP contribution in [0.15, 0.2) is 60.9 Å². The number of anilines is 1. The molecule has 1 saturated heterocycles. The summed E-state index contributed by atoms with van der Waals surface area (Å²) >= 11 is 6.42. The van der Waals surface area contributed by atoms with E-state index in [4.69, 9.17) is 21.7 Å². The molecule has 0 aliphatic carbocycles. The predicted molar refractivity (Wildman–Crippen MR) is 117 cm³/mol. The number of aromatic nitrogens is 4. The van der Waals surface area contributed by atoms with Crippen molar-refractivity contribution in [2.75, 3.05) is 11.4 Å². The Kier molecular flexibility index (Phi) is 4.68. The molecule has 1 aliphatic heterocycles. The van der Waals surface area contributed by atoms with Crippen LogP contribution < -0.4 is 4.90 Å². The Morgan fingerprint density at radius 1 is 1.14 bits per heavy atom. The lowest BCUT2D eigenvalue weighted by Gasteiger charge is -2.23. The van der Waals surface area contributed by atoms with Crippen LogP contribution in [0, 0.1) is 0 Å². The number of fused-ring (bicyclic) bond motifs is 1. The van der Waals surface area contributed by atoms with E-state index >= 15 is 0 Å². The molecule has 4 heterocycles. The van der Waals surface area contributed by atoms with Crippen LogP contribution in [0.4, 0.5) is 5.82 Å². The topological polar surface area (TPSA) is 46.3 Å². The van der Waals surface area contributed by atoms with Gasteiger partial charge in [-0.1, -0.05) is 35.9 Å². The Hall–Kier alpha value is -2.92. The van der Waals surface area contributed by atoms with Crippen LogP contribution in [0.25, 0.3) is 16.9 Å². The van der Waals surface area contributed by atoms with E-state index in [9.17, 15) is 0 Å². The molecule has 29 heavy (non-hydrogen) atoms. The van der Waals surface area contributed by atoms with Crippen molar-refractivity contribution in [2.45, 2.75) is 32.2 Å². The fourth-order valence-electron chi connectivity index (χ4n) is 4.11. The van der Waals surface area contributed by atoms with Gasteiger partial charge in [-0.05, 0) is 44.0 Å². The van der Waals surface area contributed by atoms with Crippen molar-refractivity contribution in [1.82, 2.24) is 19.6 Å². The van der Waals surface area contributed by atoms with Gasteiger partial charge in [-0.2, -0.15) is 5.10 Å². The summed E-state index contributed by atoms with van der Waals surface area (Å²) in [6.07, 6.45) is 6.79. The second-order valence-electron chi connectivity index (χ2n) is 7.58. The highest BCUT2D eigenvalue weighted by atomic mass is 35.5. The number of benzene rings is 1. The zero-order chi connectivity index (χ0) is 19.8. The first kappa shape index (κ1) is 18.1. The molecule has 0 saturated carbocycles. The molecule has 4 aromatic rings. The smallest absolute Gasteiger partial charge is 0.157 e. The molecule has 3 aromatic heterocycles. The second kappa shape index (κ2) is 7.48. The van der Waals surface area contributed by atoms with E-state index in [0.29, 0.717) is 17.5 Å². The molecular formula is C23H22ClN5. The van der Waals surface area contributed by atoms with E-state index in [1.165, 1.54) is 12.8 Å². The van der Waals surface area contributed by atoms with Gasteiger partial charge in [-0.3, -0.25) is 0 Å². The van der Waals surface area contributed by atoms with Gasteiger partial charge in [0.25, 0.3) is 0 Å². The van der Waals surface area contributed by atoms with E-state index in [1.807, 2.05) is 35.0 Å². The zero-order valence-corrected chi connectivity index (χ0v) is 17.0. The van der Waals surface area contributed by atoms with Crippen molar-refractivity contribution in [3.8, 4) is 11.3 Å². The highest BCUT2D eigenvalue weighted by Gasteiger charge is 2.21. The van der Waals surface area contributed by atoms with Crippen LogP contribution in [-0.2, 0) is 6.42 Å². The molecule has 0 radical (unpaired) electrons. The molecule has 6 heteroatoms. The largest absolute Gasteiger partial charge is 0.354 e. The molecule has 0 N–H and O–H groups in total. The van der Waals surface area contributed by atoms with Gasteiger partial charge in [0.2, 0.25) is 0 Å². The summed E-state index contributed by atoms with van der Waals surface area (Å²) in [5, 5.41) is 5.39. The summed E-state index contributed by atoms with van der Waals surface area (Å²) in [6.45, 7) is 3.35. The van der Waals surface area contributed by atoms with Gasteiger partial charge < -0.3 is 4.90 Å². The number of imidazole rings is 1. The Labute approximate surface area is 175 Å². The van der Waals surface area contributed by atoms with Crippen LogP contribution in [-0.4, -0.2) is 32.2 Å². The van der Waals surface area contributed by atoms with Crippen LogP contribution in [0.1, 0.15) is 31.0 Å². The highest BCUT2D eigenvalue weighted by molar-refractivity contribution is 6.33. The molecule has 5 nitrogen and oxygen atoms in total. The molecule has 1 fully saturated rings. The predicted octanol–water partition coefficient (Wildman–Crippen LogP) is 5.02. The lowest BCUT2D eigenvalue weighted by atomic mass is 10.1. The average molecular weight is 404 g/mol. The minimum atomic E-state index is 0.546. The Morgan fingerprint density at radius 3 is 2.86 bits per heavy atom. The molecule has 0 amide bonds. The van der Waals surface area contributed by atoms with Gasteiger partial charge in [-0.15, -0.1) is 0 Å². The number of hydrogen-bond donors (Lipinski definition) is 0.